The summed E-state index contributed by atoms with van der Waals surface area (Å²) in [5.41, 5.74) is 1.29. The number of hydrogen-bond acceptors (Lipinski definition) is 4. The van der Waals surface area contributed by atoms with Crippen molar-refractivity contribution < 1.29 is 9.26 Å². The molecule has 1 aromatic carbocycles. The van der Waals surface area contributed by atoms with Crippen molar-refractivity contribution in [2.24, 2.45) is 0 Å². The zero-order valence-corrected chi connectivity index (χ0v) is 11.1. The maximum atomic E-state index is 5.73. The van der Waals surface area contributed by atoms with E-state index in [1.807, 2.05) is 18.2 Å². The largest absolute Gasteiger partial charge is 0.365 e. The molecule has 2 aromatic rings. The van der Waals surface area contributed by atoms with E-state index in [2.05, 4.69) is 29.2 Å². The third kappa shape index (κ3) is 3.01. The zero-order chi connectivity index (χ0) is 13.1. The molecule has 1 aliphatic heterocycles. The SMILES string of the molecule is C[C@H]1CC[C@@H](c2nc(CCc3ccccc3)no2)O1. The predicted octanol–water partition coefficient (Wildman–Crippen LogP) is 3.09. The zero-order valence-electron chi connectivity index (χ0n) is 11.1. The van der Waals surface area contributed by atoms with Crippen molar-refractivity contribution in [1.29, 1.82) is 0 Å². The van der Waals surface area contributed by atoms with E-state index in [1.165, 1.54) is 5.56 Å². The van der Waals surface area contributed by atoms with Crippen molar-refractivity contribution in [3.8, 4) is 0 Å². The Morgan fingerprint density at radius 2 is 2.00 bits per heavy atom. The van der Waals surface area contributed by atoms with Crippen LogP contribution in [0.4, 0.5) is 0 Å². The number of hydrogen-bond donors (Lipinski definition) is 0. The third-order valence-corrected chi connectivity index (χ3v) is 3.47. The molecular weight excluding hydrogens is 240 g/mol. The lowest BCUT2D eigenvalue weighted by atomic mass is 10.1. The van der Waals surface area contributed by atoms with Crippen LogP contribution in [-0.4, -0.2) is 16.2 Å². The van der Waals surface area contributed by atoms with Gasteiger partial charge in [0.2, 0.25) is 0 Å². The average Bonchev–Trinajstić information content (AvgIpc) is 3.06. The summed E-state index contributed by atoms with van der Waals surface area (Å²) in [4.78, 5) is 4.44. The number of nitrogens with zero attached hydrogens (tertiary/aromatic N) is 2. The molecule has 2 heterocycles. The van der Waals surface area contributed by atoms with Crippen molar-refractivity contribution in [2.75, 3.05) is 0 Å². The topological polar surface area (TPSA) is 48.2 Å². The summed E-state index contributed by atoms with van der Waals surface area (Å²) in [5, 5.41) is 4.03. The highest BCUT2D eigenvalue weighted by molar-refractivity contribution is 5.15. The molecule has 0 aliphatic carbocycles. The Bertz CT molecular complexity index is 524. The Labute approximate surface area is 112 Å². The predicted molar refractivity (Wildman–Crippen MR) is 70.7 cm³/mol. The lowest BCUT2D eigenvalue weighted by molar-refractivity contribution is 0.0355. The molecule has 1 aromatic heterocycles. The van der Waals surface area contributed by atoms with Gasteiger partial charge in [0.15, 0.2) is 5.82 Å². The molecule has 0 unspecified atom stereocenters. The highest BCUT2D eigenvalue weighted by Gasteiger charge is 2.28. The second-order valence-electron chi connectivity index (χ2n) is 5.05. The smallest absolute Gasteiger partial charge is 0.255 e. The van der Waals surface area contributed by atoms with E-state index in [-0.39, 0.29) is 6.10 Å². The lowest BCUT2D eigenvalue weighted by Gasteiger charge is -2.04. The number of ether oxygens (including phenoxy) is 1. The van der Waals surface area contributed by atoms with E-state index in [1.54, 1.807) is 0 Å². The minimum atomic E-state index is -0.00650. The maximum absolute atomic E-state index is 5.73. The Morgan fingerprint density at radius 3 is 2.74 bits per heavy atom. The fraction of sp³-hybridized carbons (Fsp3) is 0.467. The van der Waals surface area contributed by atoms with Crippen molar-refractivity contribution in [1.82, 2.24) is 10.1 Å². The van der Waals surface area contributed by atoms with E-state index >= 15 is 0 Å². The van der Waals surface area contributed by atoms with Crippen LogP contribution in [0.15, 0.2) is 34.9 Å². The first-order chi connectivity index (χ1) is 9.31. The van der Waals surface area contributed by atoms with Gasteiger partial charge in [0.1, 0.15) is 6.10 Å². The number of aryl methyl sites for hydroxylation is 2. The molecule has 0 amide bonds. The summed E-state index contributed by atoms with van der Waals surface area (Å²) >= 11 is 0. The summed E-state index contributed by atoms with van der Waals surface area (Å²) in [6.45, 7) is 2.08. The fourth-order valence-electron chi connectivity index (χ4n) is 2.38. The first-order valence-corrected chi connectivity index (χ1v) is 6.83. The van der Waals surface area contributed by atoms with Crippen LogP contribution in [0.1, 0.15) is 43.1 Å². The summed E-state index contributed by atoms with van der Waals surface area (Å²) in [6, 6.07) is 10.3. The normalized spacial score (nSPS) is 22.8. The highest BCUT2D eigenvalue weighted by atomic mass is 16.5. The van der Waals surface area contributed by atoms with Crippen LogP contribution in [-0.2, 0) is 17.6 Å². The van der Waals surface area contributed by atoms with Gasteiger partial charge in [-0.1, -0.05) is 35.5 Å². The van der Waals surface area contributed by atoms with Crippen LogP contribution in [0.25, 0.3) is 0 Å². The Morgan fingerprint density at radius 1 is 1.16 bits per heavy atom. The number of rotatable bonds is 4. The molecular formula is C15H18N2O2. The van der Waals surface area contributed by atoms with Crippen molar-refractivity contribution >= 4 is 0 Å². The quantitative estimate of drug-likeness (QED) is 0.845. The standard InChI is InChI=1S/C15H18N2O2/c1-11-7-9-13(18-11)15-16-14(17-19-15)10-8-12-5-3-2-4-6-12/h2-6,11,13H,7-10H2,1H3/t11-,13-/m0/s1. The fourth-order valence-corrected chi connectivity index (χ4v) is 2.38. The maximum Gasteiger partial charge on any atom is 0.255 e. The lowest BCUT2D eigenvalue weighted by Crippen LogP contribution is -2.01. The summed E-state index contributed by atoms with van der Waals surface area (Å²) < 4.78 is 11.0. The molecule has 100 valence electrons. The molecule has 4 heteroatoms. The first kappa shape index (κ1) is 12.4. The van der Waals surface area contributed by atoms with E-state index in [0.717, 1.165) is 31.5 Å². The molecule has 1 fully saturated rings. The van der Waals surface area contributed by atoms with E-state index in [9.17, 15) is 0 Å². The molecule has 0 radical (unpaired) electrons. The van der Waals surface area contributed by atoms with Gasteiger partial charge < -0.3 is 9.26 Å². The van der Waals surface area contributed by atoms with Crippen LogP contribution in [0.5, 0.6) is 0 Å². The molecule has 0 N–H and O–H groups in total. The van der Waals surface area contributed by atoms with Crippen LogP contribution >= 0.6 is 0 Å². The molecule has 0 spiro atoms. The minimum Gasteiger partial charge on any atom is -0.365 e. The second-order valence-corrected chi connectivity index (χ2v) is 5.05. The highest BCUT2D eigenvalue weighted by Crippen LogP contribution is 2.31. The molecule has 3 rings (SSSR count). The van der Waals surface area contributed by atoms with Gasteiger partial charge in [0.05, 0.1) is 6.10 Å². The van der Waals surface area contributed by atoms with Crippen LogP contribution in [0, 0.1) is 0 Å². The summed E-state index contributed by atoms with van der Waals surface area (Å²) in [7, 11) is 0. The first-order valence-electron chi connectivity index (χ1n) is 6.83. The molecule has 4 nitrogen and oxygen atoms in total. The van der Waals surface area contributed by atoms with Gasteiger partial charge in [0.25, 0.3) is 5.89 Å². The van der Waals surface area contributed by atoms with Gasteiger partial charge in [-0.25, -0.2) is 0 Å². The third-order valence-electron chi connectivity index (χ3n) is 3.47. The summed E-state index contributed by atoms with van der Waals surface area (Å²) in [6.07, 6.45) is 4.06. The molecule has 1 aliphatic rings. The van der Waals surface area contributed by atoms with Gasteiger partial charge >= 0.3 is 0 Å². The number of aromatic nitrogens is 2. The van der Waals surface area contributed by atoms with Gasteiger partial charge in [0, 0.05) is 6.42 Å². The van der Waals surface area contributed by atoms with Crippen molar-refractivity contribution in [3.05, 3.63) is 47.6 Å². The van der Waals surface area contributed by atoms with Crippen molar-refractivity contribution in [2.45, 2.75) is 44.8 Å². The van der Waals surface area contributed by atoms with E-state index in [4.69, 9.17) is 9.26 Å². The Hall–Kier alpha value is -1.68. The van der Waals surface area contributed by atoms with Gasteiger partial charge in [-0.3, -0.25) is 0 Å². The van der Waals surface area contributed by atoms with E-state index < -0.39 is 0 Å². The minimum absolute atomic E-state index is 0.00650. The molecule has 0 bridgehead atoms. The average molecular weight is 258 g/mol. The summed E-state index contributed by atoms with van der Waals surface area (Å²) in [5.74, 6) is 1.40. The Balaban J connectivity index is 1.59. The van der Waals surface area contributed by atoms with Gasteiger partial charge in [-0.2, -0.15) is 4.98 Å². The van der Waals surface area contributed by atoms with Crippen LogP contribution in [0.2, 0.25) is 0 Å². The van der Waals surface area contributed by atoms with Crippen LogP contribution < -0.4 is 0 Å². The second kappa shape index (κ2) is 5.53. The van der Waals surface area contributed by atoms with Crippen molar-refractivity contribution in [3.63, 3.8) is 0 Å². The molecule has 0 saturated carbocycles. The monoisotopic (exact) mass is 258 g/mol. The van der Waals surface area contributed by atoms with Gasteiger partial charge in [-0.15, -0.1) is 0 Å². The van der Waals surface area contributed by atoms with E-state index in [0.29, 0.717) is 12.0 Å². The Kier molecular flexibility index (Phi) is 3.60. The van der Waals surface area contributed by atoms with Gasteiger partial charge in [-0.05, 0) is 31.7 Å². The number of benzene rings is 1. The molecule has 2 atom stereocenters. The molecule has 19 heavy (non-hydrogen) atoms. The molecule has 1 saturated heterocycles. The van der Waals surface area contributed by atoms with Crippen LogP contribution in [0.3, 0.4) is 0 Å².